The molecule has 1 aliphatic heterocycles. The Hall–Kier alpha value is -4.76. The molecule has 3 heterocycles. The number of anilines is 2. The number of nitrogens with one attached hydrogen (secondary N) is 1. The molecule has 6 nitrogen and oxygen atoms in total. The maximum atomic E-state index is 9.49. The third-order valence-electron chi connectivity index (χ3n) is 8.12. The van der Waals surface area contributed by atoms with Crippen LogP contribution in [0, 0.1) is 11.3 Å². The highest BCUT2D eigenvalue weighted by molar-refractivity contribution is 6.09. The van der Waals surface area contributed by atoms with Gasteiger partial charge in [0.25, 0.3) is 0 Å². The molecule has 40 heavy (non-hydrogen) atoms. The lowest BCUT2D eigenvalue weighted by molar-refractivity contribution is 0.406. The number of piperidine rings is 1. The molecule has 0 aliphatic carbocycles. The first-order valence-electron chi connectivity index (χ1n) is 14.1. The van der Waals surface area contributed by atoms with Crippen molar-refractivity contribution >= 4 is 44.5 Å². The van der Waals surface area contributed by atoms with E-state index in [0.29, 0.717) is 11.6 Å². The van der Waals surface area contributed by atoms with E-state index in [0.717, 1.165) is 42.9 Å². The summed E-state index contributed by atoms with van der Waals surface area (Å²) in [5, 5.41) is 15.6. The summed E-state index contributed by atoms with van der Waals surface area (Å²) in [6.07, 6.45) is 2.04. The highest BCUT2D eigenvalue weighted by Crippen LogP contribution is 2.35. The number of imidazole rings is 1. The van der Waals surface area contributed by atoms with E-state index in [2.05, 4.69) is 112 Å². The van der Waals surface area contributed by atoms with Gasteiger partial charge < -0.3 is 19.4 Å². The summed E-state index contributed by atoms with van der Waals surface area (Å²) in [6, 6.07) is 35.0. The van der Waals surface area contributed by atoms with E-state index in [9.17, 15) is 5.26 Å². The molecule has 0 radical (unpaired) electrons. The van der Waals surface area contributed by atoms with Crippen molar-refractivity contribution in [1.29, 1.82) is 5.26 Å². The van der Waals surface area contributed by atoms with E-state index >= 15 is 0 Å². The molecule has 6 heteroatoms. The molecule has 1 aliphatic rings. The first-order valence-corrected chi connectivity index (χ1v) is 14.1. The van der Waals surface area contributed by atoms with Crippen molar-refractivity contribution in [3.63, 3.8) is 0 Å². The zero-order valence-electron chi connectivity index (χ0n) is 22.9. The fraction of sp³-hybridized carbons (Fsp3) is 0.235. The second-order valence-corrected chi connectivity index (χ2v) is 11.0. The van der Waals surface area contributed by atoms with Crippen molar-refractivity contribution in [2.45, 2.75) is 38.8 Å². The monoisotopic (exact) mass is 524 g/mol. The van der Waals surface area contributed by atoms with Crippen LogP contribution in [0.15, 0.2) is 91.0 Å². The third-order valence-corrected chi connectivity index (χ3v) is 8.12. The largest absolute Gasteiger partial charge is 0.371 e. The molecule has 6 aromatic rings. The molecule has 0 amide bonds. The SMILES string of the molecule is CC(C)Nc1nc2ccc(C#N)cc2n1C1CCN(c2ccc(-n3c4ccccc4c4ccccc43)cc2)CC1. The molecule has 0 atom stereocenters. The van der Waals surface area contributed by atoms with Crippen molar-refractivity contribution < 1.29 is 0 Å². The van der Waals surface area contributed by atoms with Gasteiger partial charge >= 0.3 is 0 Å². The molecule has 4 aromatic carbocycles. The predicted molar refractivity (Wildman–Crippen MR) is 164 cm³/mol. The van der Waals surface area contributed by atoms with E-state index < -0.39 is 0 Å². The number of hydrogen-bond donors (Lipinski definition) is 1. The van der Waals surface area contributed by atoms with Crippen molar-refractivity contribution in [3.05, 3.63) is 96.6 Å². The number of rotatable bonds is 5. The van der Waals surface area contributed by atoms with E-state index in [1.807, 2.05) is 18.2 Å². The molecule has 1 N–H and O–H groups in total. The van der Waals surface area contributed by atoms with Gasteiger partial charge in [-0.15, -0.1) is 0 Å². The standard InChI is InChI=1S/C34H32N6/c1-23(2)36-34-37-30-16-11-24(22-35)21-33(30)40(34)27-17-19-38(20-18-27)25-12-14-26(15-13-25)39-31-9-5-3-7-28(31)29-8-4-6-10-32(29)39/h3-16,21,23,27H,17-20H2,1-2H3,(H,36,37). The highest BCUT2D eigenvalue weighted by Gasteiger charge is 2.25. The maximum absolute atomic E-state index is 9.49. The van der Waals surface area contributed by atoms with Crippen LogP contribution in [-0.4, -0.2) is 33.2 Å². The quantitative estimate of drug-likeness (QED) is 0.251. The van der Waals surface area contributed by atoms with Gasteiger partial charge in [-0.2, -0.15) is 5.26 Å². The Morgan fingerprint density at radius 2 is 1.43 bits per heavy atom. The Labute approximate surface area is 234 Å². The summed E-state index contributed by atoms with van der Waals surface area (Å²) in [7, 11) is 0. The smallest absolute Gasteiger partial charge is 0.204 e. The minimum absolute atomic E-state index is 0.277. The van der Waals surface area contributed by atoms with Crippen molar-refractivity contribution in [2.24, 2.45) is 0 Å². The van der Waals surface area contributed by atoms with Crippen molar-refractivity contribution in [1.82, 2.24) is 14.1 Å². The van der Waals surface area contributed by atoms with Gasteiger partial charge in [0.15, 0.2) is 0 Å². The molecule has 0 spiro atoms. The van der Waals surface area contributed by atoms with E-state index in [1.165, 1.54) is 33.2 Å². The molecule has 1 saturated heterocycles. The lowest BCUT2D eigenvalue weighted by Crippen LogP contribution is -2.35. The highest BCUT2D eigenvalue weighted by atomic mass is 15.2. The summed E-state index contributed by atoms with van der Waals surface area (Å²) < 4.78 is 4.70. The van der Waals surface area contributed by atoms with Gasteiger partial charge in [-0.1, -0.05) is 36.4 Å². The topological polar surface area (TPSA) is 61.8 Å². The summed E-state index contributed by atoms with van der Waals surface area (Å²) in [6.45, 7) is 6.21. The number of nitriles is 1. The van der Waals surface area contributed by atoms with Crippen LogP contribution in [-0.2, 0) is 0 Å². The minimum atomic E-state index is 0.277. The number of benzene rings is 4. The zero-order chi connectivity index (χ0) is 27.2. The summed E-state index contributed by atoms with van der Waals surface area (Å²) in [5.41, 5.74) is 7.54. The first-order chi connectivity index (χ1) is 19.6. The second-order valence-electron chi connectivity index (χ2n) is 11.0. The molecule has 0 unspecified atom stereocenters. The van der Waals surface area contributed by atoms with E-state index in [4.69, 9.17) is 4.98 Å². The van der Waals surface area contributed by atoms with E-state index in [1.54, 1.807) is 0 Å². The molecule has 0 bridgehead atoms. The van der Waals surface area contributed by atoms with Gasteiger partial charge in [0, 0.05) is 47.3 Å². The van der Waals surface area contributed by atoms with Crippen LogP contribution in [0.4, 0.5) is 11.6 Å². The number of aromatic nitrogens is 3. The number of nitrogens with zero attached hydrogens (tertiary/aromatic N) is 5. The molecule has 0 saturated carbocycles. The Morgan fingerprint density at radius 1 is 0.800 bits per heavy atom. The van der Waals surface area contributed by atoms with E-state index in [-0.39, 0.29) is 6.04 Å². The Bertz CT molecular complexity index is 1820. The minimum Gasteiger partial charge on any atom is -0.371 e. The number of fused-ring (bicyclic) bond motifs is 4. The lowest BCUT2D eigenvalue weighted by Gasteiger charge is -2.35. The fourth-order valence-corrected chi connectivity index (χ4v) is 6.29. The molecule has 2 aromatic heterocycles. The Balaban J connectivity index is 1.15. The van der Waals surface area contributed by atoms with Crippen LogP contribution in [0.25, 0.3) is 38.5 Å². The number of para-hydroxylation sites is 2. The van der Waals surface area contributed by atoms with Crippen LogP contribution in [0.3, 0.4) is 0 Å². The summed E-state index contributed by atoms with van der Waals surface area (Å²) in [4.78, 5) is 7.37. The predicted octanol–water partition coefficient (Wildman–Crippen LogP) is 7.67. The molecular formula is C34H32N6. The van der Waals surface area contributed by atoms with Gasteiger partial charge in [0.2, 0.25) is 5.95 Å². The number of hydrogen-bond acceptors (Lipinski definition) is 4. The van der Waals surface area contributed by atoms with Crippen LogP contribution < -0.4 is 10.2 Å². The molecule has 1 fully saturated rings. The zero-order valence-corrected chi connectivity index (χ0v) is 22.9. The maximum Gasteiger partial charge on any atom is 0.204 e. The first kappa shape index (κ1) is 24.3. The Kier molecular flexibility index (Phi) is 5.93. The summed E-state index contributed by atoms with van der Waals surface area (Å²) >= 11 is 0. The van der Waals surface area contributed by atoms with Crippen LogP contribution in [0.2, 0.25) is 0 Å². The summed E-state index contributed by atoms with van der Waals surface area (Å²) in [5.74, 6) is 0.897. The average molecular weight is 525 g/mol. The van der Waals surface area contributed by atoms with Gasteiger partial charge in [-0.3, -0.25) is 0 Å². The van der Waals surface area contributed by atoms with Gasteiger partial charge in [0.1, 0.15) is 0 Å². The van der Waals surface area contributed by atoms with Crippen LogP contribution >= 0.6 is 0 Å². The lowest BCUT2D eigenvalue weighted by atomic mass is 10.0. The normalized spacial score (nSPS) is 14.4. The third kappa shape index (κ3) is 4.06. The van der Waals surface area contributed by atoms with Crippen LogP contribution in [0.1, 0.15) is 38.3 Å². The Morgan fingerprint density at radius 3 is 2.05 bits per heavy atom. The van der Waals surface area contributed by atoms with Gasteiger partial charge in [0.05, 0.1) is 33.7 Å². The van der Waals surface area contributed by atoms with Crippen LogP contribution in [0.5, 0.6) is 0 Å². The second kappa shape index (κ2) is 9.77. The molecule has 198 valence electrons. The molecule has 7 rings (SSSR count). The van der Waals surface area contributed by atoms with Gasteiger partial charge in [-0.05, 0) is 81.3 Å². The average Bonchev–Trinajstić information content (AvgIpc) is 3.51. The van der Waals surface area contributed by atoms with Crippen molar-refractivity contribution in [3.8, 4) is 11.8 Å². The molecular weight excluding hydrogens is 492 g/mol. The van der Waals surface area contributed by atoms with Crippen molar-refractivity contribution in [2.75, 3.05) is 23.3 Å². The van der Waals surface area contributed by atoms with Gasteiger partial charge in [-0.25, -0.2) is 4.98 Å². The fourth-order valence-electron chi connectivity index (χ4n) is 6.29.